The van der Waals surface area contributed by atoms with E-state index in [-0.39, 0.29) is 0 Å². The van der Waals surface area contributed by atoms with E-state index in [9.17, 15) is 0 Å². The molecule has 0 atom stereocenters. The number of ether oxygens (including phenoxy) is 1. The minimum Gasteiger partial charge on any atom is -0.381 e. The summed E-state index contributed by atoms with van der Waals surface area (Å²) in [6.07, 6.45) is 9.62. The minimum absolute atomic E-state index is 0.885. The third-order valence-corrected chi connectivity index (χ3v) is 2.72. The summed E-state index contributed by atoms with van der Waals surface area (Å²) in [5.74, 6) is 0.885. The zero-order valence-electron chi connectivity index (χ0n) is 8.35. The van der Waals surface area contributed by atoms with Gasteiger partial charge in [0, 0.05) is 13.2 Å². The van der Waals surface area contributed by atoms with E-state index in [1.807, 2.05) is 0 Å². The van der Waals surface area contributed by atoms with Crippen LogP contribution in [0.2, 0.25) is 0 Å². The second kappa shape index (κ2) is 6.47. The van der Waals surface area contributed by atoms with E-state index in [0.29, 0.717) is 0 Å². The van der Waals surface area contributed by atoms with Gasteiger partial charge in [-0.25, -0.2) is 0 Å². The highest BCUT2D eigenvalue weighted by Crippen LogP contribution is 2.23. The average Bonchev–Trinajstić information content (AvgIpc) is 2.14. The molecule has 0 bridgehead atoms. The van der Waals surface area contributed by atoms with Crippen LogP contribution in [-0.2, 0) is 4.74 Å². The topological polar surface area (TPSA) is 9.23 Å². The summed E-state index contributed by atoms with van der Waals surface area (Å²) in [5, 5.41) is 0. The van der Waals surface area contributed by atoms with Crippen molar-refractivity contribution in [1.29, 1.82) is 0 Å². The monoisotopic (exact) mass is 170 g/mol. The lowest BCUT2D eigenvalue weighted by Crippen LogP contribution is -2.13. The Morgan fingerprint density at radius 3 is 2.58 bits per heavy atom. The molecule has 0 aromatic heterocycles. The van der Waals surface area contributed by atoms with Crippen LogP contribution >= 0.6 is 0 Å². The van der Waals surface area contributed by atoms with Crippen molar-refractivity contribution < 1.29 is 4.74 Å². The van der Waals surface area contributed by atoms with Gasteiger partial charge < -0.3 is 4.74 Å². The van der Waals surface area contributed by atoms with Crippen LogP contribution in [0.1, 0.15) is 51.9 Å². The molecule has 1 heteroatoms. The molecule has 0 heterocycles. The fourth-order valence-corrected chi connectivity index (χ4v) is 1.85. The standard InChI is InChI=1S/C11H22O/c1-2-3-9-12-10-11-7-5-4-6-8-11/h11H,2-10H2,1H3. The first-order valence-corrected chi connectivity index (χ1v) is 5.51. The fourth-order valence-electron chi connectivity index (χ4n) is 1.85. The predicted octanol–water partition coefficient (Wildman–Crippen LogP) is 3.38. The van der Waals surface area contributed by atoms with Crippen LogP contribution in [0.3, 0.4) is 0 Å². The summed E-state index contributed by atoms with van der Waals surface area (Å²) in [7, 11) is 0. The van der Waals surface area contributed by atoms with E-state index in [1.165, 1.54) is 44.9 Å². The van der Waals surface area contributed by atoms with E-state index >= 15 is 0 Å². The van der Waals surface area contributed by atoms with Gasteiger partial charge in [0.05, 0.1) is 0 Å². The normalized spacial score (nSPS) is 19.8. The Bertz CT molecular complexity index is 95.2. The zero-order valence-corrected chi connectivity index (χ0v) is 8.35. The van der Waals surface area contributed by atoms with Gasteiger partial charge in [-0.15, -0.1) is 0 Å². The molecule has 0 saturated heterocycles. The number of hydrogen-bond donors (Lipinski definition) is 0. The van der Waals surface area contributed by atoms with Gasteiger partial charge in [-0.2, -0.15) is 0 Å². The molecule has 0 spiro atoms. The van der Waals surface area contributed by atoms with Crippen LogP contribution in [0, 0.1) is 5.92 Å². The molecule has 12 heavy (non-hydrogen) atoms. The average molecular weight is 170 g/mol. The fraction of sp³-hybridized carbons (Fsp3) is 1.00. The molecular formula is C11H22O. The van der Waals surface area contributed by atoms with Crippen molar-refractivity contribution in [1.82, 2.24) is 0 Å². The van der Waals surface area contributed by atoms with Gasteiger partial charge in [0.25, 0.3) is 0 Å². The Balaban J connectivity index is 1.91. The molecule has 0 radical (unpaired) electrons. The van der Waals surface area contributed by atoms with Crippen LogP contribution in [0.4, 0.5) is 0 Å². The maximum atomic E-state index is 5.61. The quantitative estimate of drug-likeness (QED) is 0.575. The van der Waals surface area contributed by atoms with Crippen LogP contribution in [-0.4, -0.2) is 13.2 Å². The smallest absolute Gasteiger partial charge is 0.0494 e. The summed E-state index contributed by atoms with van der Waals surface area (Å²) in [5.41, 5.74) is 0. The lowest BCUT2D eigenvalue weighted by molar-refractivity contribution is 0.0833. The molecule has 1 rings (SSSR count). The van der Waals surface area contributed by atoms with Crippen molar-refractivity contribution in [2.75, 3.05) is 13.2 Å². The molecule has 0 aliphatic heterocycles. The Hall–Kier alpha value is -0.0400. The zero-order chi connectivity index (χ0) is 8.65. The largest absolute Gasteiger partial charge is 0.381 e. The molecule has 0 amide bonds. The number of rotatable bonds is 5. The SMILES string of the molecule is CCCCOCC1CCCCC1. The van der Waals surface area contributed by atoms with Crippen molar-refractivity contribution in [3.05, 3.63) is 0 Å². The van der Waals surface area contributed by atoms with Gasteiger partial charge >= 0.3 is 0 Å². The van der Waals surface area contributed by atoms with Crippen molar-refractivity contribution in [2.24, 2.45) is 5.92 Å². The maximum Gasteiger partial charge on any atom is 0.0494 e. The van der Waals surface area contributed by atoms with Gasteiger partial charge in [-0.3, -0.25) is 0 Å². The van der Waals surface area contributed by atoms with Crippen molar-refractivity contribution in [2.45, 2.75) is 51.9 Å². The third kappa shape index (κ3) is 4.10. The molecular weight excluding hydrogens is 148 g/mol. The van der Waals surface area contributed by atoms with E-state index in [1.54, 1.807) is 0 Å². The van der Waals surface area contributed by atoms with Crippen LogP contribution in [0.5, 0.6) is 0 Å². The molecule has 72 valence electrons. The molecule has 1 aliphatic carbocycles. The van der Waals surface area contributed by atoms with E-state index < -0.39 is 0 Å². The van der Waals surface area contributed by atoms with Gasteiger partial charge in [0.1, 0.15) is 0 Å². The van der Waals surface area contributed by atoms with Crippen LogP contribution in [0.25, 0.3) is 0 Å². The Kier molecular flexibility index (Phi) is 5.42. The lowest BCUT2D eigenvalue weighted by atomic mass is 9.90. The first-order chi connectivity index (χ1) is 5.93. The predicted molar refractivity (Wildman–Crippen MR) is 52.3 cm³/mol. The molecule has 0 aromatic carbocycles. The highest BCUT2D eigenvalue weighted by molar-refractivity contribution is 4.64. The number of hydrogen-bond acceptors (Lipinski definition) is 1. The maximum absolute atomic E-state index is 5.61. The molecule has 0 N–H and O–H groups in total. The van der Waals surface area contributed by atoms with Gasteiger partial charge in [-0.05, 0) is 25.2 Å². The van der Waals surface area contributed by atoms with Gasteiger partial charge in [-0.1, -0.05) is 32.6 Å². The molecule has 1 nitrogen and oxygen atoms in total. The molecule has 1 aliphatic rings. The highest BCUT2D eigenvalue weighted by Gasteiger charge is 2.12. The molecule has 0 unspecified atom stereocenters. The summed E-state index contributed by atoms with van der Waals surface area (Å²) in [6, 6.07) is 0. The van der Waals surface area contributed by atoms with Crippen LogP contribution < -0.4 is 0 Å². The van der Waals surface area contributed by atoms with E-state index in [4.69, 9.17) is 4.74 Å². The van der Waals surface area contributed by atoms with Crippen molar-refractivity contribution in [3.63, 3.8) is 0 Å². The summed E-state index contributed by atoms with van der Waals surface area (Å²) < 4.78 is 5.61. The van der Waals surface area contributed by atoms with E-state index in [2.05, 4.69) is 6.92 Å². The summed E-state index contributed by atoms with van der Waals surface area (Å²) >= 11 is 0. The van der Waals surface area contributed by atoms with Crippen molar-refractivity contribution in [3.8, 4) is 0 Å². The minimum atomic E-state index is 0.885. The van der Waals surface area contributed by atoms with E-state index in [0.717, 1.165) is 19.1 Å². The molecule has 0 aromatic rings. The second-order valence-electron chi connectivity index (χ2n) is 3.93. The number of unbranched alkanes of at least 4 members (excludes halogenated alkanes) is 1. The molecule has 1 saturated carbocycles. The lowest BCUT2D eigenvalue weighted by Gasteiger charge is -2.21. The Morgan fingerprint density at radius 2 is 1.92 bits per heavy atom. The van der Waals surface area contributed by atoms with Crippen molar-refractivity contribution >= 4 is 0 Å². The second-order valence-corrected chi connectivity index (χ2v) is 3.93. The summed E-state index contributed by atoms with van der Waals surface area (Å²) in [6.45, 7) is 4.22. The summed E-state index contributed by atoms with van der Waals surface area (Å²) in [4.78, 5) is 0. The van der Waals surface area contributed by atoms with Gasteiger partial charge in [0.2, 0.25) is 0 Å². The van der Waals surface area contributed by atoms with Gasteiger partial charge in [0.15, 0.2) is 0 Å². The highest BCUT2D eigenvalue weighted by atomic mass is 16.5. The first-order valence-electron chi connectivity index (χ1n) is 5.51. The third-order valence-electron chi connectivity index (χ3n) is 2.72. The Morgan fingerprint density at radius 1 is 1.17 bits per heavy atom. The first kappa shape index (κ1) is 10.0. The molecule has 1 fully saturated rings. The van der Waals surface area contributed by atoms with Crippen LogP contribution in [0.15, 0.2) is 0 Å². The Labute approximate surface area is 76.5 Å².